The molecule has 0 radical (unpaired) electrons. The minimum absolute atomic E-state index is 0.0699. The standard InChI is InChI=1S/C33H42N6O7/c1-37(21-22-13-15-23(16-14-22)39(46)29(42)12-5-3-2-4-11-27(34)40)20-7-6-19-35-25-10-8-9-24-30(25)33(45)38(32(24)44)26-17-18-28(41)36-31(26)43/h8-10,13-16,26,35,46H,2-7,11-12,17-21H2,1H3,(H2,34,40)(H,36,41,43). The van der Waals surface area contributed by atoms with Crippen LogP contribution in [0.5, 0.6) is 0 Å². The predicted molar refractivity (Wildman–Crippen MR) is 170 cm³/mol. The van der Waals surface area contributed by atoms with Gasteiger partial charge in [-0.3, -0.25) is 44.2 Å². The van der Waals surface area contributed by atoms with E-state index in [4.69, 9.17) is 5.73 Å². The summed E-state index contributed by atoms with van der Waals surface area (Å²) in [5.41, 5.74) is 7.59. The second kappa shape index (κ2) is 16.1. The number of nitrogens with one attached hydrogen (secondary N) is 2. The van der Waals surface area contributed by atoms with Crippen molar-refractivity contribution in [3.63, 3.8) is 0 Å². The molecule has 0 bridgehead atoms. The smallest absolute Gasteiger partial charge is 0.264 e. The van der Waals surface area contributed by atoms with Crippen molar-refractivity contribution in [2.75, 3.05) is 30.5 Å². The Labute approximate surface area is 268 Å². The van der Waals surface area contributed by atoms with Gasteiger partial charge in [-0.05, 0) is 75.5 Å². The van der Waals surface area contributed by atoms with Crippen molar-refractivity contribution in [2.24, 2.45) is 5.73 Å². The number of hydroxylamine groups is 1. The fraction of sp³-hybridized carbons (Fsp3) is 0.455. The van der Waals surface area contributed by atoms with Crippen molar-refractivity contribution < 1.29 is 34.0 Å². The van der Waals surface area contributed by atoms with Crippen LogP contribution in [0.2, 0.25) is 0 Å². The fourth-order valence-electron chi connectivity index (χ4n) is 5.70. The molecule has 2 aromatic rings. The SMILES string of the molecule is CN(CCCCNc1cccc2c1C(=O)N(C1CCC(=O)NC1=O)C2=O)Cc1ccc(N(O)C(=O)CCCCCCC(N)=O)cc1. The molecule has 13 nitrogen and oxygen atoms in total. The number of piperidine rings is 1. The lowest BCUT2D eigenvalue weighted by atomic mass is 10.0. The van der Waals surface area contributed by atoms with E-state index >= 15 is 0 Å². The summed E-state index contributed by atoms with van der Waals surface area (Å²) in [6.07, 6.45) is 5.34. The van der Waals surface area contributed by atoms with Crippen molar-refractivity contribution >= 4 is 46.8 Å². The number of anilines is 2. The molecule has 0 spiro atoms. The number of carbonyl (C=O) groups is 6. The molecule has 0 saturated carbocycles. The van der Waals surface area contributed by atoms with Crippen LogP contribution in [-0.2, 0) is 25.7 Å². The number of hydrogen-bond acceptors (Lipinski definition) is 9. The molecule has 2 aliphatic rings. The molecule has 246 valence electrons. The lowest BCUT2D eigenvalue weighted by Crippen LogP contribution is -2.54. The second-order valence-electron chi connectivity index (χ2n) is 11.8. The normalized spacial score (nSPS) is 16.1. The average molecular weight is 635 g/mol. The topological polar surface area (TPSA) is 182 Å². The van der Waals surface area contributed by atoms with Gasteiger partial charge in [0.1, 0.15) is 6.04 Å². The number of amides is 6. The highest BCUT2D eigenvalue weighted by atomic mass is 16.5. The molecule has 2 aliphatic heterocycles. The minimum atomic E-state index is -1.00. The van der Waals surface area contributed by atoms with Crippen LogP contribution < -0.4 is 21.4 Å². The summed E-state index contributed by atoms with van der Waals surface area (Å²) < 4.78 is 0. The third kappa shape index (κ3) is 8.76. The molecule has 2 heterocycles. The Bertz CT molecular complexity index is 1460. The molecule has 5 N–H and O–H groups in total. The number of nitrogens with two attached hydrogens (primary N) is 1. The molecule has 1 atom stereocenters. The van der Waals surface area contributed by atoms with Crippen molar-refractivity contribution in [3.8, 4) is 0 Å². The third-order valence-electron chi connectivity index (χ3n) is 8.18. The molecule has 13 heteroatoms. The molecule has 46 heavy (non-hydrogen) atoms. The van der Waals surface area contributed by atoms with E-state index in [0.29, 0.717) is 48.8 Å². The van der Waals surface area contributed by atoms with E-state index in [1.165, 1.54) is 0 Å². The van der Waals surface area contributed by atoms with Crippen LogP contribution in [0.4, 0.5) is 11.4 Å². The zero-order chi connectivity index (χ0) is 33.2. The Balaban J connectivity index is 1.17. The number of nitrogens with zero attached hydrogens (tertiary/aromatic N) is 3. The van der Waals surface area contributed by atoms with Crippen LogP contribution in [0, 0.1) is 0 Å². The Hall–Kier alpha value is -4.62. The molecule has 0 aliphatic carbocycles. The average Bonchev–Trinajstić information content (AvgIpc) is 3.28. The van der Waals surface area contributed by atoms with Crippen LogP contribution in [-0.4, -0.2) is 76.6 Å². The van der Waals surface area contributed by atoms with Crippen LogP contribution in [0.15, 0.2) is 42.5 Å². The van der Waals surface area contributed by atoms with Crippen LogP contribution in [0.1, 0.15) is 90.5 Å². The second-order valence-corrected chi connectivity index (χ2v) is 11.8. The van der Waals surface area contributed by atoms with Crippen molar-refractivity contribution in [3.05, 3.63) is 59.2 Å². The molecule has 6 amide bonds. The zero-order valence-corrected chi connectivity index (χ0v) is 26.1. The van der Waals surface area contributed by atoms with E-state index in [1.807, 2.05) is 19.2 Å². The highest BCUT2D eigenvalue weighted by Crippen LogP contribution is 2.32. The number of benzene rings is 2. The summed E-state index contributed by atoms with van der Waals surface area (Å²) in [6, 6.07) is 11.2. The summed E-state index contributed by atoms with van der Waals surface area (Å²) in [7, 11) is 2.00. The quantitative estimate of drug-likeness (QED) is 0.0880. The van der Waals surface area contributed by atoms with Gasteiger partial charge in [-0.15, -0.1) is 0 Å². The number of imide groups is 2. The largest absolute Gasteiger partial charge is 0.384 e. The maximum absolute atomic E-state index is 13.2. The maximum Gasteiger partial charge on any atom is 0.264 e. The summed E-state index contributed by atoms with van der Waals surface area (Å²) in [5.74, 6) is -2.82. The van der Waals surface area contributed by atoms with Gasteiger partial charge < -0.3 is 16.0 Å². The van der Waals surface area contributed by atoms with Crippen molar-refractivity contribution in [2.45, 2.75) is 76.8 Å². The predicted octanol–water partition coefficient (Wildman–Crippen LogP) is 2.96. The van der Waals surface area contributed by atoms with Gasteiger partial charge >= 0.3 is 0 Å². The number of primary amides is 1. The van der Waals surface area contributed by atoms with Crippen LogP contribution in [0.3, 0.4) is 0 Å². The first kappa shape index (κ1) is 34.3. The van der Waals surface area contributed by atoms with Gasteiger partial charge in [-0.1, -0.05) is 31.0 Å². The Morgan fingerprint density at radius 1 is 0.957 bits per heavy atom. The number of hydrogen-bond donors (Lipinski definition) is 4. The Morgan fingerprint density at radius 3 is 2.37 bits per heavy atom. The Morgan fingerprint density at radius 2 is 1.67 bits per heavy atom. The number of unbranched alkanes of at least 4 members (excludes halogenated alkanes) is 4. The van der Waals surface area contributed by atoms with Gasteiger partial charge in [0, 0.05) is 38.0 Å². The first-order valence-electron chi connectivity index (χ1n) is 15.7. The summed E-state index contributed by atoms with van der Waals surface area (Å²) in [5, 5.41) is 16.5. The molecule has 1 saturated heterocycles. The summed E-state index contributed by atoms with van der Waals surface area (Å²) in [4.78, 5) is 76.4. The zero-order valence-electron chi connectivity index (χ0n) is 26.1. The van der Waals surface area contributed by atoms with E-state index < -0.39 is 29.7 Å². The van der Waals surface area contributed by atoms with Crippen molar-refractivity contribution in [1.82, 2.24) is 15.1 Å². The van der Waals surface area contributed by atoms with Gasteiger partial charge in [-0.2, -0.15) is 5.06 Å². The molecular formula is C33H42N6O7. The van der Waals surface area contributed by atoms with E-state index in [2.05, 4.69) is 15.5 Å². The minimum Gasteiger partial charge on any atom is -0.384 e. The van der Waals surface area contributed by atoms with E-state index in [0.717, 1.165) is 42.7 Å². The number of fused-ring (bicyclic) bond motifs is 1. The maximum atomic E-state index is 13.2. The van der Waals surface area contributed by atoms with E-state index in [9.17, 15) is 34.0 Å². The summed E-state index contributed by atoms with van der Waals surface area (Å²) in [6.45, 7) is 2.06. The lowest BCUT2D eigenvalue weighted by Gasteiger charge is -2.27. The molecule has 4 rings (SSSR count). The van der Waals surface area contributed by atoms with Crippen LogP contribution in [0.25, 0.3) is 0 Å². The summed E-state index contributed by atoms with van der Waals surface area (Å²) >= 11 is 0. The Kier molecular flexibility index (Phi) is 12.0. The van der Waals surface area contributed by atoms with Crippen molar-refractivity contribution in [1.29, 1.82) is 0 Å². The molecule has 0 aromatic heterocycles. The first-order chi connectivity index (χ1) is 22.1. The highest BCUT2D eigenvalue weighted by molar-refractivity contribution is 6.25. The van der Waals surface area contributed by atoms with Gasteiger partial charge in [-0.25, -0.2) is 0 Å². The van der Waals surface area contributed by atoms with Gasteiger partial charge in [0.2, 0.25) is 17.7 Å². The van der Waals surface area contributed by atoms with E-state index in [1.54, 1.807) is 30.3 Å². The monoisotopic (exact) mass is 634 g/mol. The van der Waals surface area contributed by atoms with Gasteiger partial charge in [0.15, 0.2) is 0 Å². The molecule has 2 aromatic carbocycles. The van der Waals surface area contributed by atoms with E-state index in [-0.39, 0.29) is 42.2 Å². The molecule has 1 unspecified atom stereocenters. The van der Waals surface area contributed by atoms with Crippen LogP contribution >= 0.6 is 0 Å². The number of rotatable bonds is 17. The molecule has 1 fully saturated rings. The lowest BCUT2D eigenvalue weighted by molar-refractivity contribution is -0.136. The van der Waals surface area contributed by atoms with Gasteiger partial charge in [0.05, 0.1) is 16.8 Å². The third-order valence-corrected chi connectivity index (χ3v) is 8.18. The van der Waals surface area contributed by atoms with Gasteiger partial charge in [0.25, 0.3) is 17.7 Å². The molecular weight excluding hydrogens is 592 g/mol. The fourth-order valence-corrected chi connectivity index (χ4v) is 5.70. The number of carbonyl (C=O) groups excluding carboxylic acids is 6. The highest BCUT2D eigenvalue weighted by Gasteiger charge is 2.45. The first-order valence-corrected chi connectivity index (χ1v) is 15.7.